The first-order chi connectivity index (χ1) is 12.7. The molecule has 2 aliphatic rings. The van der Waals surface area contributed by atoms with Crippen LogP contribution >= 0.6 is 0 Å². The van der Waals surface area contributed by atoms with E-state index in [1.807, 2.05) is 13.8 Å². The van der Waals surface area contributed by atoms with Crippen LogP contribution in [-0.4, -0.2) is 48.5 Å². The van der Waals surface area contributed by atoms with Crippen LogP contribution in [0.25, 0.3) is 0 Å². The van der Waals surface area contributed by atoms with Crippen molar-refractivity contribution in [2.45, 2.75) is 50.5 Å². The maximum absolute atomic E-state index is 13.0. The molecule has 0 aromatic heterocycles. The van der Waals surface area contributed by atoms with E-state index in [0.29, 0.717) is 25.3 Å². The van der Waals surface area contributed by atoms with Gasteiger partial charge in [-0.3, -0.25) is 10.1 Å². The molecule has 0 spiro atoms. The monoisotopic (exact) mass is 397 g/mol. The molecule has 1 atom stereocenters. The minimum atomic E-state index is -3.81. The molecule has 1 unspecified atom stereocenters. The Morgan fingerprint density at radius 3 is 2.44 bits per heavy atom. The lowest BCUT2D eigenvalue weighted by Gasteiger charge is -2.27. The second-order valence-electron chi connectivity index (χ2n) is 7.95. The summed E-state index contributed by atoms with van der Waals surface area (Å²) in [6.45, 7) is 5.22. The molecule has 9 heteroatoms. The molecule has 0 bridgehead atoms. The average Bonchev–Trinajstić information content (AvgIpc) is 3.20. The minimum Gasteiger partial charge on any atom is -0.392 e. The lowest BCUT2D eigenvalue weighted by molar-refractivity contribution is -0.385. The Morgan fingerprint density at radius 2 is 1.93 bits per heavy atom. The summed E-state index contributed by atoms with van der Waals surface area (Å²) in [6, 6.07) is 3.90. The van der Waals surface area contributed by atoms with E-state index in [9.17, 15) is 23.6 Å². The van der Waals surface area contributed by atoms with Crippen LogP contribution < -0.4 is 5.32 Å². The lowest BCUT2D eigenvalue weighted by atomic mass is 9.90. The van der Waals surface area contributed by atoms with Gasteiger partial charge in [0, 0.05) is 37.2 Å². The number of aliphatic hydroxyl groups is 1. The third kappa shape index (κ3) is 3.95. The maximum Gasteiger partial charge on any atom is 0.270 e. The van der Waals surface area contributed by atoms with Crippen molar-refractivity contribution in [1.29, 1.82) is 0 Å². The van der Waals surface area contributed by atoms with Crippen molar-refractivity contribution < 1.29 is 18.4 Å². The van der Waals surface area contributed by atoms with E-state index < -0.39 is 21.1 Å². The summed E-state index contributed by atoms with van der Waals surface area (Å²) in [6.07, 6.45) is 2.86. The van der Waals surface area contributed by atoms with Crippen molar-refractivity contribution in [2.24, 2.45) is 11.3 Å². The van der Waals surface area contributed by atoms with Gasteiger partial charge in [0.25, 0.3) is 5.69 Å². The van der Waals surface area contributed by atoms with Crippen LogP contribution in [0.1, 0.15) is 39.5 Å². The van der Waals surface area contributed by atoms with E-state index >= 15 is 0 Å². The lowest BCUT2D eigenvalue weighted by Crippen LogP contribution is -2.34. The van der Waals surface area contributed by atoms with Crippen molar-refractivity contribution in [3.63, 3.8) is 0 Å². The van der Waals surface area contributed by atoms with E-state index in [2.05, 4.69) is 5.32 Å². The van der Waals surface area contributed by atoms with Gasteiger partial charge in [0.1, 0.15) is 4.90 Å². The molecule has 1 aliphatic carbocycles. The van der Waals surface area contributed by atoms with E-state index in [0.717, 1.165) is 31.7 Å². The number of hydrogen-bond acceptors (Lipinski definition) is 6. The van der Waals surface area contributed by atoms with Crippen LogP contribution in [0.5, 0.6) is 0 Å². The fraction of sp³-hybridized carbons (Fsp3) is 0.667. The molecule has 8 nitrogen and oxygen atoms in total. The molecular formula is C18H27N3O5S. The van der Waals surface area contributed by atoms with Crippen molar-refractivity contribution in [3.8, 4) is 0 Å². The molecule has 27 heavy (non-hydrogen) atoms. The largest absolute Gasteiger partial charge is 0.392 e. The van der Waals surface area contributed by atoms with Gasteiger partial charge in [-0.05, 0) is 37.7 Å². The standard InChI is InChI=1S/C18H27N3O5S/c1-13(2)17(22)18(7-8-18)12-19-15-6-5-14(21(23)24)11-16(15)27(25,26)20-9-3-4-10-20/h5-6,11,13,17,19,22H,3-4,7-10,12H2,1-2H3. The van der Waals surface area contributed by atoms with Gasteiger partial charge in [-0.1, -0.05) is 13.8 Å². The quantitative estimate of drug-likeness (QED) is 0.515. The molecule has 0 radical (unpaired) electrons. The van der Waals surface area contributed by atoms with E-state index in [4.69, 9.17) is 0 Å². The summed E-state index contributed by atoms with van der Waals surface area (Å²) < 4.78 is 27.4. The molecule has 2 N–H and O–H groups in total. The summed E-state index contributed by atoms with van der Waals surface area (Å²) in [5.74, 6) is 0.110. The highest BCUT2D eigenvalue weighted by Gasteiger charge is 2.49. The van der Waals surface area contributed by atoms with Crippen molar-refractivity contribution in [2.75, 3.05) is 25.0 Å². The molecule has 1 aliphatic heterocycles. The number of non-ortho nitro benzene ring substituents is 1. The topological polar surface area (TPSA) is 113 Å². The number of aliphatic hydroxyl groups excluding tert-OH is 1. The Kier molecular flexibility index (Phi) is 5.47. The Labute approximate surface area is 159 Å². The van der Waals surface area contributed by atoms with Crippen LogP contribution in [0.15, 0.2) is 23.1 Å². The number of sulfonamides is 1. The van der Waals surface area contributed by atoms with Crippen LogP contribution in [0.4, 0.5) is 11.4 Å². The SMILES string of the molecule is CC(C)C(O)C1(CNc2ccc([N+](=O)[O-])cc2S(=O)(=O)N2CCCC2)CC1. The minimum absolute atomic E-state index is 0.0616. The maximum atomic E-state index is 13.0. The number of nitrogens with one attached hydrogen (secondary N) is 1. The summed E-state index contributed by atoms with van der Waals surface area (Å²) in [7, 11) is -3.81. The predicted molar refractivity (Wildman–Crippen MR) is 102 cm³/mol. The average molecular weight is 397 g/mol. The van der Waals surface area contributed by atoms with E-state index in [1.165, 1.54) is 16.4 Å². The van der Waals surface area contributed by atoms with Gasteiger partial charge >= 0.3 is 0 Å². The molecule has 1 aromatic rings. The summed E-state index contributed by atoms with van der Waals surface area (Å²) >= 11 is 0. The van der Waals surface area contributed by atoms with E-state index in [-0.39, 0.29) is 21.9 Å². The highest BCUT2D eigenvalue weighted by atomic mass is 32.2. The first-order valence-corrected chi connectivity index (χ1v) is 10.8. The van der Waals surface area contributed by atoms with Crippen LogP contribution in [0.2, 0.25) is 0 Å². The highest BCUT2D eigenvalue weighted by Crippen LogP contribution is 2.51. The van der Waals surface area contributed by atoms with Crippen molar-refractivity contribution >= 4 is 21.4 Å². The van der Waals surface area contributed by atoms with Gasteiger partial charge in [-0.25, -0.2) is 8.42 Å². The first-order valence-electron chi connectivity index (χ1n) is 9.38. The predicted octanol–water partition coefficient (Wildman–Crippen LogP) is 2.59. The van der Waals surface area contributed by atoms with Gasteiger partial charge < -0.3 is 10.4 Å². The fourth-order valence-corrected chi connectivity index (χ4v) is 5.47. The van der Waals surface area contributed by atoms with Crippen LogP contribution in [0.3, 0.4) is 0 Å². The molecule has 2 fully saturated rings. The number of hydrogen-bond donors (Lipinski definition) is 2. The number of anilines is 1. The van der Waals surface area contributed by atoms with Gasteiger partial charge in [-0.15, -0.1) is 0 Å². The Bertz CT molecular complexity index is 814. The van der Waals surface area contributed by atoms with Gasteiger partial charge in [0.05, 0.1) is 16.7 Å². The molecule has 1 heterocycles. The van der Waals surface area contributed by atoms with Crippen LogP contribution in [-0.2, 0) is 10.0 Å². The molecular weight excluding hydrogens is 370 g/mol. The van der Waals surface area contributed by atoms with Gasteiger partial charge in [0.2, 0.25) is 10.0 Å². The zero-order valence-corrected chi connectivity index (χ0v) is 16.5. The molecule has 150 valence electrons. The Hall–Kier alpha value is -1.71. The normalized spacial score (nSPS) is 20.6. The number of nitrogens with zero attached hydrogens (tertiary/aromatic N) is 2. The second kappa shape index (κ2) is 7.37. The van der Waals surface area contributed by atoms with Crippen molar-refractivity contribution in [3.05, 3.63) is 28.3 Å². The smallest absolute Gasteiger partial charge is 0.270 e. The molecule has 1 saturated carbocycles. The fourth-order valence-electron chi connectivity index (χ4n) is 3.77. The molecule has 1 aromatic carbocycles. The summed E-state index contributed by atoms with van der Waals surface area (Å²) in [5.41, 5.74) is -0.152. The highest BCUT2D eigenvalue weighted by molar-refractivity contribution is 7.89. The zero-order chi connectivity index (χ0) is 19.8. The zero-order valence-electron chi connectivity index (χ0n) is 15.7. The number of benzene rings is 1. The van der Waals surface area contributed by atoms with Gasteiger partial charge in [0.15, 0.2) is 0 Å². The molecule has 3 rings (SSSR count). The third-order valence-corrected chi connectivity index (χ3v) is 7.58. The number of nitro groups is 1. The summed E-state index contributed by atoms with van der Waals surface area (Å²) in [4.78, 5) is 10.5. The first kappa shape index (κ1) is 20.0. The number of rotatable bonds is 8. The third-order valence-electron chi connectivity index (χ3n) is 5.64. The summed E-state index contributed by atoms with van der Waals surface area (Å²) in [5, 5.41) is 24.8. The Balaban J connectivity index is 1.90. The molecule has 0 amide bonds. The van der Waals surface area contributed by atoms with Crippen molar-refractivity contribution in [1.82, 2.24) is 4.31 Å². The number of nitro benzene ring substituents is 1. The Morgan fingerprint density at radius 1 is 1.30 bits per heavy atom. The van der Waals surface area contributed by atoms with Gasteiger partial charge in [-0.2, -0.15) is 4.31 Å². The second-order valence-corrected chi connectivity index (χ2v) is 9.86. The van der Waals surface area contributed by atoms with Crippen LogP contribution in [0, 0.1) is 21.4 Å². The van der Waals surface area contributed by atoms with E-state index in [1.54, 1.807) is 0 Å². The molecule has 1 saturated heterocycles.